The number of hydrogen-bond donors (Lipinski definition) is 1. The molecule has 0 aliphatic heterocycles. The fourth-order valence-corrected chi connectivity index (χ4v) is 1.22. The van der Waals surface area contributed by atoms with E-state index >= 15 is 0 Å². The maximum Gasteiger partial charge on any atom is 0.240 e. The lowest BCUT2D eigenvalue weighted by molar-refractivity contribution is 0.426. The van der Waals surface area contributed by atoms with Gasteiger partial charge >= 0.3 is 0 Å². The van der Waals surface area contributed by atoms with Gasteiger partial charge in [-0.2, -0.15) is 4.99 Å². The third-order valence-corrected chi connectivity index (χ3v) is 1.87. The molecule has 0 aliphatic rings. The average Bonchev–Trinajstić information content (AvgIpc) is 2.67. The van der Waals surface area contributed by atoms with Crippen LogP contribution in [0.4, 0.5) is 5.69 Å². The number of phenolic OH excluding ortho intramolecular Hbond substituents is 1. The van der Waals surface area contributed by atoms with Crippen LogP contribution in [-0.2, 0) is 4.79 Å². The van der Waals surface area contributed by atoms with Gasteiger partial charge in [0, 0.05) is 0 Å². The zero-order valence-electron chi connectivity index (χ0n) is 7.54. The Bertz CT molecular complexity index is 527. The van der Waals surface area contributed by atoms with Crippen molar-refractivity contribution < 1.29 is 14.4 Å². The lowest BCUT2D eigenvalue weighted by atomic mass is 10.1. The Morgan fingerprint density at radius 3 is 2.93 bits per heavy atom. The molecule has 0 radical (unpaired) electrons. The van der Waals surface area contributed by atoms with E-state index in [1.807, 2.05) is 0 Å². The van der Waals surface area contributed by atoms with Gasteiger partial charge in [0.05, 0.1) is 11.8 Å². The molecule has 2 aromatic rings. The van der Waals surface area contributed by atoms with Gasteiger partial charge in [0.25, 0.3) is 0 Å². The van der Waals surface area contributed by atoms with E-state index in [4.69, 9.17) is 4.52 Å². The monoisotopic (exact) mass is 202 g/mol. The topological polar surface area (TPSA) is 75.7 Å². The molecule has 0 saturated heterocycles. The summed E-state index contributed by atoms with van der Waals surface area (Å²) < 4.78 is 4.90. The lowest BCUT2D eigenvalue weighted by Gasteiger charge is -1.99. The number of aromatic hydroxyl groups is 1. The zero-order chi connectivity index (χ0) is 10.7. The summed E-state index contributed by atoms with van der Waals surface area (Å²) in [5.74, 6) is 0.285. The number of phenols is 1. The minimum absolute atomic E-state index is 0.0385. The number of benzene rings is 1. The van der Waals surface area contributed by atoms with Crippen molar-refractivity contribution in [1.82, 2.24) is 5.16 Å². The fraction of sp³-hybridized carbons (Fsp3) is 0. The minimum atomic E-state index is 0.0385. The molecule has 0 atom stereocenters. The quantitative estimate of drug-likeness (QED) is 0.597. The highest BCUT2D eigenvalue weighted by molar-refractivity contribution is 5.75. The molecule has 1 heterocycles. The van der Waals surface area contributed by atoms with E-state index < -0.39 is 0 Å². The fourth-order valence-electron chi connectivity index (χ4n) is 1.22. The Balaban J connectivity index is 2.59. The van der Waals surface area contributed by atoms with Crippen LogP contribution >= 0.6 is 0 Å². The first-order valence-corrected chi connectivity index (χ1v) is 4.14. The molecule has 1 aromatic carbocycles. The van der Waals surface area contributed by atoms with Crippen molar-refractivity contribution in [2.75, 3.05) is 0 Å². The van der Waals surface area contributed by atoms with Crippen LogP contribution in [0.2, 0.25) is 0 Å². The molecule has 0 bridgehead atoms. The molecule has 1 aromatic heterocycles. The second-order valence-corrected chi connectivity index (χ2v) is 2.76. The van der Waals surface area contributed by atoms with E-state index in [-0.39, 0.29) is 17.2 Å². The Labute approximate surface area is 84.7 Å². The highest BCUT2D eigenvalue weighted by atomic mass is 16.5. The first-order valence-electron chi connectivity index (χ1n) is 4.14. The molecule has 0 unspecified atom stereocenters. The number of aromatic nitrogens is 1. The van der Waals surface area contributed by atoms with E-state index in [9.17, 15) is 9.90 Å². The summed E-state index contributed by atoms with van der Waals surface area (Å²) in [6.45, 7) is 0. The minimum Gasteiger partial charge on any atom is -0.507 e. The molecular weight excluding hydrogens is 196 g/mol. The molecule has 15 heavy (non-hydrogen) atoms. The molecule has 0 aliphatic carbocycles. The van der Waals surface area contributed by atoms with Gasteiger partial charge in [0.15, 0.2) is 5.76 Å². The number of hydrogen-bond acceptors (Lipinski definition) is 5. The van der Waals surface area contributed by atoms with Crippen molar-refractivity contribution in [2.24, 2.45) is 4.99 Å². The second kappa shape index (κ2) is 3.77. The summed E-state index contributed by atoms with van der Waals surface area (Å²) in [6, 6.07) is 6.55. The van der Waals surface area contributed by atoms with Crippen LogP contribution in [0.1, 0.15) is 0 Å². The van der Waals surface area contributed by atoms with Crippen LogP contribution in [0.15, 0.2) is 40.0 Å². The summed E-state index contributed by atoms with van der Waals surface area (Å²) in [5.41, 5.74) is 0.676. The van der Waals surface area contributed by atoms with Crippen molar-refractivity contribution >= 4 is 11.8 Å². The number of aliphatic imine (C=N–C) groups is 1. The van der Waals surface area contributed by atoms with Crippen molar-refractivity contribution in [3.63, 3.8) is 0 Å². The largest absolute Gasteiger partial charge is 0.507 e. The van der Waals surface area contributed by atoms with Crippen LogP contribution in [0.25, 0.3) is 11.3 Å². The highest BCUT2D eigenvalue weighted by Crippen LogP contribution is 2.35. The summed E-state index contributed by atoms with van der Waals surface area (Å²) in [4.78, 5) is 13.5. The van der Waals surface area contributed by atoms with Crippen LogP contribution in [0, 0.1) is 0 Å². The predicted molar refractivity (Wildman–Crippen MR) is 51.4 cm³/mol. The SMILES string of the molecule is O=C=Nc1cnoc1-c1ccccc1O. The van der Waals surface area contributed by atoms with E-state index in [1.165, 1.54) is 18.3 Å². The normalized spacial score (nSPS) is 9.60. The van der Waals surface area contributed by atoms with Crippen molar-refractivity contribution in [3.05, 3.63) is 30.5 Å². The van der Waals surface area contributed by atoms with Crippen molar-refractivity contribution in [3.8, 4) is 17.1 Å². The summed E-state index contributed by atoms with van der Waals surface area (Å²) in [6.07, 6.45) is 2.68. The van der Waals surface area contributed by atoms with Crippen LogP contribution in [-0.4, -0.2) is 16.3 Å². The molecule has 0 amide bonds. The Morgan fingerprint density at radius 2 is 2.20 bits per heavy atom. The van der Waals surface area contributed by atoms with E-state index in [2.05, 4.69) is 10.1 Å². The van der Waals surface area contributed by atoms with Crippen LogP contribution in [0.5, 0.6) is 5.75 Å². The Morgan fingerprint density at radius 1 is 1.40 bits per heavy atom. The predicted octanol–water partition coefficient (Wildman–Crippen LogP) is 2.01. The van der Waals surface area contributed by atoms with Crippen LogP contribution in [0.3, 0.4) is 0 Å². The maximum atomic E-state index is 10.1. The van der Waals surface area contributed by atoms with Gasteiger partial charge in [-0.3, -0.25) is 0 Å². The van der Waals surface area contributed by atoms with Gasteiger partial charge in [-0.1, -0.05) is 17.3 Å². The molecular formula is C10H6N2O3. The number of isocyanates is 1. The summed E-state index contributed by atoms with van der Waals surface area (Å²) >= 11 is 0. The molecule has 0 fully saturated rings. The van der Waals surface area contributed by atoms with Crippen molar-refractivity contribution in [1.29, 1.82) is 0 Å². The van der Waals surface area contributed by atoms with Crippen molar-refractivity contribution in [2.45, 2.75) is 0 Å². The van der Waals surface area contributed by atoms with Gasteiger partial charge in [0.1, 0.15) is 11.4 Å². The van der Waals surface area contributed by atoms with Gasteiger partial charge in [-0.15, -0.1) is 0 Å². The maximum absolute atomic E-state index is 10.1. The number of para-hydroxylation sites is 1. The first-order chi connectivity index (χ1) is 7.33. The van der Waals surface area contributed by atoms with Gasteiger partial charge in [-0.25, -0.2) is 4.79 Å². The number of rotatable bonds is 2. The Hall–Kier alpha value is -2.39. The smallest absolute Gasteiger partial charge is 0.240 e. The lowest BCUT2D eigenvalue weighted by Crippen LogP contribution is -1.75. The molecule has 2 rings (SSSR count). The Kier molecular flexibility index (Phi) is 2.31. The van der Waals surface area contributed by atoms with Crippen LogP contribution < -0.4 is 0 Å². The van der Waals surface area contributed by atoms with E-state index in [0.29, 0.717) is 5.56 Å². The number of carbonyl (C=O) groups excluding carboxylic acids is 1. The van der Waals surface area contributed by atoms with E-state index in [1.54, 1.807) is 18.2 Å². The highest BCUT2D eigenvalue weighted by Gasteiger charge is 2.13. The molecule has 0 saturated carbocycles. The second-order valence-electron chi connectivity index (χ2n) is 2.76. The summed E-state index contributed by atoms with van der Waals surface area (Å²) in [7, 11) is 0. The van der Waals surface area contributed by atoms with Gasteiger partial charge in [-0.05, 0) is 12.1 Å². The van der Waals surface area contributed by atoms with Gasteiger partial charge in [0.2, 0.25) is 6.08 Å². The molecule has 0 spiro atoms. The molecule has 5 nitrogen and oxygen atoms in total. The van der Waals surface area contributed by atoms with Gasteiger partial charge < -0.3 is 9.63 Å². The number of nitrogens with zero attached hydrogens (tertiary/aromatic N) is 2. The molecule has 74 valence electrons. The molecule has 5 heteroatoms. The third kappa shape index (κ3) is 1.63. The standard InChI is InChI=1S/C10H6N2O3/c13-6-11-8-5-12-15-10(8)7-3-1-2-4-9(7)14/h1-5,14H. The molecule has 1 N–H and O–H groups in total. The zero-order valence-corrected chi connectivity index (χ0v) is 7.54. The summed E-state index contributed by atoms with van der Waals surface area (Å²) in [5, 5.41) is 13.0. The van der Waals surface area contributed by atoms with E-state index in [0.717, 1.165) is 0 Å². The first kappa shape index (κ1) is 9.18. The average molecular weight is 202 g/mol. The third-order valence-electron chi connectivity index (χ3n) is 1.87.